The molecule has 0 saturated heterocycles. The van der Waals surface area contributed by atoms with Crippen molar-refractivity contribution >= 4 is 11.0 Å². The summed E-state index contributed by atoms with van der Waals surface area (Å²) in [6.45, 7) is 1.38. The summed E-state index contributed by atoms with van der Waals surface area (Å²) in [4.78, 5) is 10.6. The first-order valence-corrected chi connectivity index (χ1v) is 7.33. The zero-order valence-corrected chi connectivity index (χ0v) is 12.6. The number of benzene rings is 2. The number of rotatable bonds is 5. The molecular weight excluding hydrogens is 274 g/mol. The summed E-state index contributed by atoms with van der Waals surface area (Å²) in [7, 11) is 2.01. The Morgan fingerprint density at radius 1 is 1.00 bits per heavy atom. The van der Waals surface area contributed by atoms with Gasteiger partial charge in [-0.25, -0.2) is 0 Å². The van der Waals surface area contributed by atoms with Gasteiger partial charge in [-0.1, -0.05) is 36.4 Å². The maximum atomic E-state index is 10.4. The average molecular weight is 293 g/mol. The molecule has 0 amide bonds. The molecule has 0 fully saturated rings. The summed E-state index contributed by atoms with van der Waals surface area (Å²) in [5, 5.41) is 10.4. The van der Waals surface area contributed by atoms with Gasteiger partial charge in [0.2, 0.25) is 0 Å². The van der Waals surface area contributed by atoms with E-state index in [1.807, 2.05) is 43.4 Å². The molecule has 0 aliphatic carbocycles. The molecule has 0 saturated carbocycles. The fraction of sp³-hybridized carbons (Fsp3) is 0.222. The highest BCUT2D eigenvalue weighted by Gasteiger charge is 2.12. The molecule has 0 aliphatic rings. The number of aromatic nitrogens is 2. The molecule has 1 aromatic heterocycles. The molecule has 2 aromatic carbocycles. The standard InChI is InChI=1S/C18H19N3O/c1-21(12-14-5-3-2-4-6-14)13-18(22)15-7-8-16-17(11-15)20-10-9-19-16/h2-11,18,22H,12-13H2,1H3/t18-/m1/s1. The van der Waals surface area contributed by atoms with Gasteiger partial charge < -0.3 is 5.11 Å². The van der Waals surface area contributed by atoms with E-state index < -0.39 is 6.10 Å². The molecule has 1 atom stereocenters. The molecule has 112 valence electrons. The minimum absolute atomic E-state index is 0.542. The van der Waals surface area contributed by atoms with Gasteiger partial charge in [0, 0.05) is 25.5 Å². The number of hydrogen-bond acceptors (Lipinski definition) is 4. The zero-order valence-electron chi connectivity index (χ0n) is 12.6. The van der Waals surface area contributed by atoms with Crippen LogP contribution in [0.4, 0.5) is 0 Å². The third-order valence-electron chi connectivity index (χ3n) is 3.66. The average Bonchev–Trinajstić information content (AvgIpc) is 2.55. The van der Waals surface area contributed by atoms with E-state index in [1.54, 1.807) is 12.4 Å². The van der Waals surface area contributed by atoms with Gasteiger partial charge in [-0.05, 0) is 30.3 Å². The monoisotopic (exact) mass is 293 g/mol. The number of aliphatic hydroxyl groups is 1. The van der Waals surface area contributed by atoms with Gasteiger partial charge in [0.1, 0.15) is 0 Å². The summed E-state index contributed by atoms with van der Waals surface area (Å²) in [5.41, 5.74) is 3.76. The van der Waals surface area contributed by atoms with Crippen LogP contribution in [0.15, 0.2) is 60.9 Å². The van der Waals surface area contributed by atoms with Gasteiger partial charge in [0.05, 0.1) is 17.1 Å². The van der Waals surface area contributed by atoms with Crippen LogP contribution in [0.1, 0.15) is 17.2 Å². The van der Waals surface area contributed by atoms with Crippen LogP contribution in [0.5, 0.6) is 0 Å². The lowest BCUT2D eigenvalue weighted by Gasteiger charge is -2.21. The summed E-state index contributed by atoms with van der Waals surface area (Å²) < 4.78 is 0. The van der Waals surface area contributed by atoms with Crippen molar-refractivity contribution in [2.75, 3.05) is 13.6 Å². The first-order valence-electron chi connectivity index (χ1n) is 7.33. The van der Waals surface area contributed by atoms with Crippen LogP contribution in [0.2, 0.25) is 0 Å². The van der Waals surface area contributed by atoms with Crippen molar-refractivity contribution in [1.29, 1.82) is 0 Å². The first kappa shape index (κ1) is 14.6. The lowest BCUT2D eigenvalue weighted by atomic mass is 10.1. The van der Waals surface area contributed by atoms with Crippen LogP contribution < -0.4 is 0 Å². The Balaban J connectivity index is 1.68. The van der Waals surface area contributed by atoms with Crippen LogP contribution in [0.25, 0.3) is 11.0 Å². The molecule has 1 heterocycles. The molecule has 1 N–H and O–H groups in total. The van der Waals surface area contributed by atoms with E-state index in [-0.39, 0.29) is 0 Å². The van der Waals surface area contributed by atoms with Crippen molar-refractivity contribution < 1.29 is 5.11 Å². The third-order valence-corrected chi connectivity index (χ3v) is 3.66. The van der Waals surface area contributed by atoms with Gasteiger partial charge in [-0.2, -0.15) is 0 Å². The molecular formula is C18H19N3O. The number of nitrogens with zero attached hydrogens (tertiary/aromatic N) is 3. The second kappa shape index (κ2) is 6.64. The van der Waals surface area contributed by atoms with Gasteiger partial charge in [0.25, 0.3) is 0 Å². The Kier molecular flexibility index (Phi) is 4.42. The van der Waals surface area contributed by atoms with Crippen molar-refractivity contribution in [1.82, 2.24) is 14.9 Å². The van der Waals surface area contributed by atoms with E-state index in [1.165, 1.54) is 5.56 Å². The number of hydrogen-bond donors (Lipinski definition) is 1. The van der Waals surface area contributed by atoms with Gasteiger partial charge >= 0.3 is 0 Å². The van der Waals surface area contributed by atoms with E-state index in [0.29, 0.717) is 6.54 Å². The highest BCUT2D eigenvalue weighted by Crippen LogP contribution is 2.19. The van der Waals surface area contributed by atoms with Crippen molar-refractivity contribution in [2.24, 2.45) is 0 Å². The Morgan fingerprint density at radius 3 is 2.50 bits per heavy atom. The van der Waals surface area contributed by atoms with Gasteiger partial charge in [0.15, 0.2) is 0 Å². The maximum Gasteiger partial charge on any atom is 0.0917 e. The minimum Gasteiger partial charge on any atom is -0.387 e. The van der Waals surface area contributed by atoms with Gasteiger partial charge in [-0.3, -0.25) is 14.9 Å². The van der Waals surface area contributed by atoms with E-state index in [9.17, 15) is 5.11 Å². The quantitative estimate of drug-likeness (QED) is 0.786. The highest BCUT2D eigenvalue weighted by atomic mass is 16.3. The molecule has 0 aliphatic heterocycles. The minimum atomic E-state index is -0.542. The largest absolute Gasteiger partial charge is 0.387 e. The summed E-state index contributed by atoms with van der Waals surface area (Å²) in [6.07, 6.45) is 2.80. The summed E-state index contributed by atoms with van der Waals surface area (Å²) >= 11 is 0. The normalized spacial score (nSPS) is 12.7. The fourth-order valence-electron chi connectivity index (χ4n) is 2.55. The summed E-state index contributed by atoms with van der Waals surface area (Å²) in [5.74, 6) is 0. The molecule has 0 spiro atoms. The van der Waals surface area contributed by atoms with Crippen molar-refractivity contribution in [3.63, 3.8) is 0 Å². The molecule has 0 radical (unpaired) electrons. The Morgan fingerprint density at radius 2 is 1.73 bits per heavy atom. The second-order valence-electron chi connectivity index (χ2n) is 5.50. The van der Waals surface area contributed by atoms with Crippen LogP contribution >= 0.6 is 0 Å². The first-order chi connectivity index (χ1) is 10.7. The molecule has 22 heavy (non-hydrogen) atoms. The zero-order chi connectivity index (χ0) is 15.4. The topological polar surface area (TPSA) is 49.2 Å². The van der Waals surface area contributed by atoms with E-state index in [0.717, 1.165) is 23.1 Å². The maximum absolute atomic E-state index is 10.4. The molecule has 0 unspecified atom stereocenters. The van der Waals surface area contributed by atoms with Crippen molar-refractivity contribution in [2.45, 2.75) is 12.6 Å². The van der Waals surface area contributed by atoms with Crippen molar-refractivity contribution in [3.8, 4) is 0 Å². The Labute approximate surface area is 130 Å². The van der Waals surface area contributed by atoms with Gasteiger partial charge in [-0.15, -0.1) is 0 Å². The molecule has 3 rings (SSSR count). The van der Waals surface area contributed by atoms with E-state index in [4.69, 9.17) is 0 Å². The number of fused-ring (bicyclic) bond motifs is 1. The lowest BCUT2D eigenvalue weighted by molar-refractivity contribution is 0.124. The lowest BCUT2D eigenvalue weighted by Crippen LogP contribution is -2.24. The third kappa shape index (κ3) is 3.47. The smallest absolute Gasteiger partial charge is 0.0917 e. The van der Waals surface area contributed by atoms with E-state index in [2.05, 4.69) is 27.0 Å². The number of aliphatic hydroxyl groups excluding tert-OH is 1. The predicted molar refractivity (Wildman–Crippen MR) is 87.3 cm³/mol. The molecule has 0 bridgehead atoms. The van der Waals surface area contributed by atoms with Crippen LogP contribution in [-0.4, -0.2) is 33.6 Å². The van der Waals surface area contributed by atoms with Crippen LogP contribution in [-0.2, 0) is 6.54 Å². The Bertz CT molecular complexity index is 745. The van der Waals surface area contributed by atoms with Crippen LogP contribution in [0.3, 0.4) is 0 Å². The van der Waals surface area contributed by atoms with Crippen LogP contribution in [0, 0.1) is 0 Å². The fourth-order valence-corrected chi connectivity index (χ4v) is 2.55. The SMILES string of the molecule is CN(Cc1ccccc1)C[C@@H](O)c1ccc2nccnc2c1. The number of likely N-dealkylation sites (N-methyl/N-ethyl adjacent to an activating group) is 1. The highest BCUT2D eigenvalue weighted by molar-refractivity contribution is 5.74. The second-order valence-corrected chi connectivity index (χ2v) is 5.50. The molecule has 4 heteroatoms. The molecule has 3 aromatic rings. The predicted octanol–water partition coefficient (Wildman–Crippen LogP) is 2.80. The molecule has 4 nitrogen and oxygen atoms in total. The Hall–Kier alpha value is -2.30. The van der Waals surface area contributed by atoms with E-state index >= 15 is 0 Å². The summed E-state index contributed by atoms with van der Waals surface area (Å²) in [6, 6.07) is 16.0. The van der Waals surface area contributed by atoms with Crippen molar-refractivity contribution in [3.05, 3.63) is 72.1 Å².